The van der Waals surface area contributed by atoms with E-state index in [0.717, 1.165) is 24.8 Å². The van der Waals surface area contributed by atoms with Crippen molar-refractivity contribution >= 4 is 5.97 Å². The first-order chi connectivity index (χ1) is 15.3. The molecule has 3 N–H and O–H groups in total. The van der Waals surface area contributed by atoms with Crippen LogP contribution in [0.25, 0.3) is 0 Å². The van der Waals surface area contributed by atoms with Crippen molar-refractivity contribution in [3.8, 4) is 11.8 Å². The topological polar surface area (TPSA) is 103 Å². The first-order valence-corrected chi connectivity index (χ1v) is 11.1. The predicted molar refractivity (Wildman–Crippen MR) is 123 cm³/mol. The van der Waals surface area contributed by atoms with Crippen molar-refractivity contribution in [2.45, 2.75) is 57.6 Å². The normalized spacial score (nSPS) is 14.6. The number of nitrogens with zero attached hydrogens (tertiary/aromatic N) is 1. The Hall–Kier alpha value is -2.88. The van der Waals surface area contributed by atoms with Crippen LogP contribution in [-0.2, 0) is 24.1 Å². The highest BCUT2D eigenvalue weighted by Crippen LogP contribution is 2.31. The van der Waals surface area contributed by atoms with Gasteiger partial charge in [-0.05, 0) is 74.3 Å². The van der Waals surface area contributed by atoms with Crippen LogP contribution in [0.5, 0.6) is 5.75 Å². The van der Waals surface area contributed by atoms with Crippen LogP contribution in [0.4, 0.5) is 0 Å². The summed E-state index contributed by atoms with van der Waals surface area (Å²) >= 11 is 0. The molecule has 170 valence electrons. The van der Waals surface area contributed by atoms with E-state index in [1.54, 1.807) is 18.2 Å². The Balaban J connectivity index is 1.47. The lowest BCUT2D eigenvalue weighted by molar-refractivity contribution is -0.136. The molecule has 32 heavy (non-hydrogen) atoms. The minimum absolute atomic E-state index is 0.0129. The highest BCUT2D eigenvalue weighted by atomic mass is 16.5. The number of hydrogen-bond acceptors (Lipinski definition) is 5. The number of β-amino-alcohol motifs (C(OH)–C–C–N with tert-alkyl or cyclic N) is 1. The average Bonchev–Trinajstić information content (AvgIpc) is 3.16. The van der Waals surface area contributed by atoms with E-state index >= 15 is 0 Å². The van der Waals surface area contributed by atoms with Gasteiger partial charge in [-0.1, -0.05) is 30.3 Å². The number of aryl methyl sites for hydroxylation is 1. The number of aliphatic carboxylic acids is 1. The van der Waals surface area contributed by atoms with Gasteiger partial charge in [0.2, 0.25) is 0 Å². The van der Waals surface area contributed by atoms with E-state index in [-0.39, 0.29) is 18.6 Å². The van der Waals surface area contributed by atoms with Crippen LogP contribution < -0.4 is 10.1 Å². The van der Waals surface area contributed by atoms with E-state index in [2.05, 4.69) is 49.5 Å². The van der Waals surface area contributed by atoms with Gasteiger partial charge in [-0.25, -0.2) is 0 Å². The molecule has 0 fully saturated rings. The molecule has 3 rings (SSSR count). The van der Waals surface area contributed by atoms with E-state index in [1.807, 2.05) is 0 Å². The molecule has 0 bridgehead atoms. The number of carboxylic acid groups (broad SMARTS) is 1. The monoisotopic (exact) mass is 435 g/mol. The van der Waals surface area contributed by atoms with Crippen LogP contribution in [0.2, 0.25) is 0 Å². The zero-order valence-corrected chi connectivity index (χ0v) is 18.8. The fourth-order valence-corrected chi connectivity index (χ4v) is 4.41. The van der Waals surface area contributed by atoms with Gasteiger partial charge >= 0.3 is 5.97 Å². The maximum Gasteiger partial charge on any atom is 0.303 e. The second kappa shape index (κ2) is 10.6. The minimum Gasteiger partial charge on any atom is -0.489 e. The number of fused-ring (bicyclic) bond motifs is 1. The molecule has 0 unspecified atom stereocenters. The van der Waals surface area contributed by atoms with Gasteiger partial charge in [-0.15, -0.1) is 0 Å². The molecular weight excluding hydrogens is 403 g/mol. The van der Waals surface area contributed by atoms with Gasteiger partial charge in [0.15, 0.2) is 0 Å². The van der Waals surface area contributed by atoms with Gasteiger partial charge in [0.05, 0.1) is 5.56 Å². The maximum atomic E-state index is 10.8. The van der Waals surface area contributed by atoms with E-state index in [9.17, 15) is 15.2 Å². The van der Waals surface area contributed by atoms with Crippen LogP contribution >= 0.6 is 0 Å². The summed E-state index contributed by atoms with van der Waals surface area (Å²) in [5.41, 5.74) is 3.92. The lowest BCUT2D eigenvalue weighted by atomic mass is 9.88. The summed E-state index contributed by atoms with van der Waals surface area (Å²) < 4.78 is 5.72. The minimum atomic E-state index is -0.873. The first kappa shape index (κ1) is 23.8. The second-order valence-electron chi connectivity index (χ2n) is 9.31. The van der Waals surface area contributed by atoms with Gasteiger partial charge < -0.3 is 20.3 Å². The van der Waals surface area contributed by atoms with Crippen molar-refractivity contribution in [1.29, 1.82) is 5.26 Å². The number of rotatable bonds is 11. The SMILES string of the molecule is CC(C)(CC1Cc2ccccc2C1)NC[C@H](O)COc1cc(CCC(=O)O)ccc1[11C]#N. The molecule has 0 saturated carbocycles. The molecule has 0 heterocycles. The van der Waals surface area contributed by atoms with Crippen molar-refractivity contribution in [1.82, 2.24) is 5.32 Å². The first-order valence-electron chi connectivity index (χ1n) is 11.1. The molecule has 1 atom stereocenters. The number of aliphatic hydroxyl groups is 1. The van der Waals surface area contributed by atoms with E-state index in [0.29, 0.717) is 30.2 Å². The van der Waals surface area contributed by atoms with Crippen LogP contribution in [0.15, 0.2) is 42.5 Å². The molecule has 6 heteroatoms. The molecule has 1 aliphatic rings. The lowest BCUT2D eigenvalue weighted by Gasteiger charge is -2.30. The summed E-state index contributed by atoms with van der Waals surface area (Å²) in [5.74, 6) is 0.0925. The Morgan fingerprint density at radius 3 is 2.56 bits per heavy atom. The number of benzene rings is 2. The number of carbonyl (C=O) groups is 1. The zero-order chi connectivity index (χ0) is 23.1. The van der Waals surface area contributed by atoms with E-state index in [1.165, 1.54) is 11.1 Å². The Labute approximate surface area is 189 Å². The Morgan fingerprint density at radius 2 is 1.94 bits per heavy atom. The molecule has 1 aliphatic carbocycles. The molecule has 0 spiro atoms. The van der Waals surface area contributed by atoms with Gasteiger partial charge in [-0.2, -0.15) is 5.26 Å². The molecule has 6 nitrogen and oxygen atoms in total. The average molecular weight is 436 g/mol. The summed E-state index contributed by atoms with van der Waals surface area (Å²) in [7, 11) is 0. The quantitative estimate of drug-likeness (QED) is 0.499. The number of hydrogen-bond donors (Lipinski definition) is 3. The molecule has 2 aromatic carbocycles. The summed E-state index contributed by atoms with van der Waals surface area (Å²) in [6.07, 6.45) is 2.85. The van der Waals surface area contributed by atoms with Gasteiger partial charge in [0, 0.05) is 18.5 Å². The third-order valence-electron chi connectivity index (χ3n) is 5.98. The van der Waals surface area contributed by atoms with Crippen molar-refractivity contribution in [2.24, 2.45) is 5.92 Å². The maximum absolute atomic E-state index is 10.8. The third kappa shape index (κ3) is 6.81. The fraction of sp³-hybridized carbons (Fsp3) is 0.462. The highest BCUT2D eigenvalue weighted by molar-refractivity contribution is 5.67. The number of carboxylic acids is 1. The van der Waals surface area contributed by atoms with Crippen LogP contribution in [0.3, 0.4) is 0 Å². The number of nitriles is 1. The van der Waals surface area contributed by atoms with Crippen LogP contribution in [0, 0.1) is 17.2 Å². The van der Waals surface area contributed by atoms with Gasteiger partial charge in [-0.3, -0.25) is 4.79 Å². The predicted octanol–water partition coefficient (Wildman–Crippen LogP) is 3.49. The largest absolute Gasteiger partial charge is 0.489 e. The lowest BCUT2D eigenvalue weighted by Crippen LogP contribution is -2.46. The van der Waals surface area contributed by atoms with Crippen molar-refractivity contribution < 1.29 is 19.7 Å². The van der Waals surface area contributed by atoms with Gasteiger partial charge in [0.1, 0.15) is 24.5 Å². The summed E-state index contributed by atoms with van der Waals surface area (Å²) in [4.78, 5) is 10.8. The van der Waals surface area contributed by atoms with Crippen LogP contribution in [-0.4, -0.2) is 41.0 Å². The summed E-state index contributed by atoms with van der Waals surface area (Å²) in [6.45, 7) is 4.74. The summed E-state index contributed by atoms with van der Waals surface area (Å²) in [5, 5.41) is 32.1. The Bertz CT molecular complexity index is 955. The van der Waals surface area contributed by atoms with Crippen molar-refractivity contribution in [3.05, 3.63) is 64.7 Å². The fourth-order valence-electron chi connectivity index (χ4n) is 4.41. The van der Waals surface area contributed by atoms with Crippen molar-refractivity contribution in [2.75, 3.05) is 13.2 Å². The van der Waals surface area contributed by atoms with E-state index < -0.39 is 12.1 Å². The van der Waals surface area contributed by atoms with Crippen LogP contribution in [0.1, 0.15) is 48.9 Å². The standard InChI is InChI=1S/C26H32N2O4/c1-26(2,14-19-11-20-5-3-4-6-21(20)12-19)28-16-23(29)17-32-24-13-18(8-10-25(30)31)7-9-22(24)15-27/h3-7,9,13,19,23,28-29H,8,10-12,14,16-17H2,1-2H3,(H,30,31)/t23-/m0/s1/i15-1. The molecule has 0 saturated heterocycles. The molecule has 2 aromatic rings. The Kier molecular flexibility index (Phi) is 7.89. The molecular formula is C26H32N2O4. The molecule has 0 aromatic heterocycles. The smallest absolute Gasteiger partial charge is 0.303 e. The number of nitrogens with one attached hydrogen (secondary N) is 1. The summed E-state index contributed by atoms with van der Waals surface area (Å²) in [6, 6.07) is 15.7. The number of ether oxygens (including phenoxy) is 1. The van der Waals surface area contributed by atoms with Gasteiger partial charge in [0.25, 0.3) is 0 Å². The van der Waals surface area contributed by atoms with Crippen molar-refractivity contribution in [3.63, 3.8) is 0 Å². The number of aliphatic hydroxyl groups excluding tert-OH is 1. The Morgan fingerprint density at radius 1 is 1.25 bits per heavy atom. The second-order valence-corrected chi connectivity index (χ2v) is 9.31. The third-order valence-corrected chi connectivity index (χ3v) is 5.98. The molecule has 0 amide bonds. The molecule has 0 aliphatic heterocycles. The molecule has 0 radical (unpaired) electrons. The zero-order valence-electron chi connectivity index (χ0n) is 18.8. The highest BCUT2D eigenvalue weighted by Gasteiger charge is 2.28. The van der Waals surface area contributed by atoms with E-state index in [4.69, 9.17) is 9.84 Å².